The van der Waals surface area contributed by atoms with Crippen molar-refractivity contribution in [3.63, 3.8) is 0 Å². The summed E-state index contributed by atoms with van der Waals surface area (Å²) in [4.78, 5) is 12.6. The molecule has 0 atom stereocenters. The van der Waals surface area contributed by atoms with E-state index >= 15 is 0 Å². The van der Waals surface area contributed by atoms with Gasteiger partial charge in [-0.05, 0) is 11.4 Å². The average molecular weight is 315 g/mol. The first-order valence-electron chi connectivity index (χ1n) is 4.06. The first-order chi connectivity index (χ1) is 6.20. The van der Waals surface area contributed by atoms with Gasteiger partial charge < -0.3 is 10.1 Å². The van der Waals surface area contributed by atoms with Gasteiger partial charge in [-0.25, -0.2) is 4.79 Å². The Bertz CT molecular complexity index is 183. The number of amides is 1. The molecule has 0 aromatic rings. The van der Waals surface area contributed by atoms with Crippen LogP contribution in [0.4, 0.5) is 4.79 Å². The van der Waals surface area contributed by atoms with E-state index in [1.54, 1.807) is 4.99 Å². The van der Waals surface area contributed by atoms with Gasteiger partial charge in [0.2, 0.25) is 0 Å². The lowest BCUT2D eigenvalue weighted by atomic mass is 10.4. The van der Waals surface area contributed by atoms with E-state index in [2.05, 4.69) is 37.2 Å². The van der Waals surface area contributed by atoms with Gasteiger partial charge in [-0.2, -0.15) is 0 Å². The molecule has 0 unspecified atom stereocenters. The highest BCUT2D eigenvalue weighted by atomic mass is 79.9. The highest BCUT2D eigenvalue weighted by molar-refractivity contribution is 9.14. The molecule has 0 saturated heterocycles. The molecule has 3 nitrogen and oxygen atoms in total. The Balaban J connectivity index is 3.41. The molecule has 0 saturated carbocycles. The van der Waals surface area contributed by atoms with Crippen LogP contribution in [0.1, 0.15) is 19.8 Å². The fraction of sp³-hybridized carbons (Fsp3) is 0.625. The molecule has 0 rings (SSSR count). The molecular weight excluding hydrogens is 302 g/mol. The van der Waals surface area contributed by atoms with Crippen LogP contribution in [0.5, 0.6) is 0 Å². The first kappa shape index (κ1) is 13.0. The summed E-state index contributed by atoms with van der Waals surface area (Å²) in [5.41, 5.74) is 0. The van der Waals surface area contributed by atoms with Crippen molar-refractivity contribution in [1.29, 1.82) is 0 Å². The third kappa shape index (κ3) is 8.30. The number of nitrogens with one attached hydrogen (secondary N) is 1. The third-order valence-electron chi connectivity index (χ3n) is 1.25. The van der Waals surface area contributed by atoms with Crippen LogP contribution in [0.2, 0.25) is 0 Å². The number of hydrogen-bond acceptors (Lipinski definition) is 2. The molecule has 0 aromatic carbocycles. The van der Waals surface area contributed by atoms with Crippen molar-refractivity contribution < 1.29 is 9.53 Å². The predicted octanol–water partition coefficient (Wildman–Crippen LogP) is 3.14. The summed E-state index contributed by atoms with van der Waals surface area (Å²) in [7, 11) is 0. The van der Waals surface area contributed by atoms with Gasteiger partial charge in [0, 0.05) is 4.48 Å². The summed E-state index contributed by atoms with van der Waals surface area (Å²) in [5.74, 6) is 0. The van der Waals surface area contributed by atoms with Gasteiger partial charge in [-0.3, -0.25) is 0 Å². The Labute approximate surface area is 95.2 Å². The Morgan fingerprint density at radius 3 is 2.85 bits per heavy atom. The Morgan fingerprint density at radius 2 is 2.31 bits per heavy atom. The molecule has 0 bridgehead atoms. The van der Waals surface area contributed by atoms with Crippen molar-refractivity contribution in [2.75, 3.05) is 13.2 Å². The van der Waals surface area contributed by atoms with Crippen LogP contribution in [0, 0.1) is 0 Å². The zero-order valence-corrected chi connectivity index (χ0v) is 10.7. The normalized spacial score (nSPS) is 11.2. The lowest BCUT2D eigenvalue weighted by molar-refractivity contribution is 0.145. The largest absolute Gasteiger partial charge is 0.450 e. The third-order valence-corrected chi connectivity index (χ3v) is 2.93. The number of alkyl carbamates (subject to hydrolysis) is 1. The minimum absolute atomic E-state index is 0.375. The van der Waals surface area contributed by atoms with E-state index in [1.807, 2.05) is 6.92 Å². The second-order valence-corrected chi connectivity index (χ2v) is 3.88. The van der Waals surface area contributed by atoms with E-state index in [0.717, 1.165) is 17.3 Å². The number of halogens is 2. The topological polar surface area (TPSA) is 38.3 Å². The summed E-state index contributed by atoms with van der Waals surface area (Å²) in [5, 5.41) is 2.59. The maximum absolute atomic E-state index is 10.9. The van der Waals surface area contributed by atoms with E-state index < -0.39 is 0 Å². The zero-order chi connectivity index (χ0) is 10.1. The van der Waals surface area contributed by atoms with E-state index in [4.69, 9.17) is 4.74 Å². The number of ether oxygens (including phenoxy) is 1. The molecule has 1 amide bonds. The first-order valence-corrected chi connectivity index (χ1v) is 5.77. The number of rotatable bonds is 5. The summed E-state index contributed by atoms with van der Waals surface area (Å²) < 4.78 is 5.72. The van der Waals surface area contributed by atoms with Crippen LogP contribution < -0.4 is 5.32 Å². The summed E-state index contributed by atoms with van der Waals surface area (Å²) in [6.07, 6.45) is 1.56. The Morgan fingerprint density at radius 1 is 1.62 bits per heavy atom. The second kappa shape index (κ2) is 8.56. The summed E-state index contributed by atoms with van der Waals surface area (Å²) in [6.45, 7) is 2.97. The molecule has 5 heteroatoms. The molecule has 0 spiro atoms. The van der Waals surface area contributed by atoms with Gasteiger partial charge >= 0.3 is 6.09 Å². The fourth-order valence-corrected chi connectivity index (χ4v) is 0.857. The van der Waals surface area contributed by atoms with Gasteiger partial charge in [0.1, 0.15) is 0 Å². The number of unbranched alkanes of at least 4 members (excludes halogenated alkanes) is 1. The van der Waals surface area contributed by atoms with Gasteiger partial charge in [0.25, 0.3) is 0 Å². The van der Waals surface area contributed by atoms with Crippen LogP contribution in [-0.2, 0) is 4.74 Å². The maximum Gasteiger partial charge on any atom is 0.407 e. The summed E-state index contributed by atoms with van der Waals surface area (Å²) >= 11 is 6.36. The standard InChI is InChI=1S/C8H13Br2NO2/c1-2-3-4-13-8(12)11-6-7(10)5-9/h5H,2-4,6H2,1H3,(H,11,12)/b7-5-. The van der Waals surface area contributed by atoms with Crippen LogP contribution in [0.3, 0.4) is 0 Å². The molecule has 1 N–H and O–H groups in total. The molecule has 0 aliphatic rings. The number of carbonyl (C=O) groups is 1. The molecule has 0 fully saturated rings. The van der Waals surface area contributed by atoms with Crippen molar-refractivity contribution in [2.45, 2.75) is 19.8 Å². The monoisotopic (exact) mass is 313 g/mol. The van der Waals surface area contributed by atoms with Crippen molar-refractivity contribution in [2.24, 2.45) is 0 Å². The molecule has 0 heterocycles. The molecular formula is C8H13Br2NO2. The van der Waals surface area contributed by atoms with Crippen LogP contribution in [0.25, 0.3) is 0 Å². The van der Waals surface area contributed by atoms with Crippen molar-refractivity contribution in [3.8, 4) is 0 Å². The lowest BCUT2D eigenvalue weighted by Crippen LogP contribution is -2.25. The minimum atomic E-state index is -0.375. The van der Waals surface area contributed by atoms with Crippen LogP contribution in [-0.4, -0.2) is 19.2 Å². The van der Waals surface area contributed by atoms with Gasteiger partial charge in [-0.1, -0.05) is 45.2 Å². The number of carbonyl (C=O) groups excluding carboxylic acids is 1. The van der Waals surface area contributed by atoms with Gasteiger partial charge in [0.05, 0.1) is 13.2 Å². The van der Waals surface area contributed by atoms with E-state index in [0.29, 0.717) is 13.2 Å². The SMILES string of the molecule is CCCCOC(=O)NC/C(Br)=C/Br. The van der Waals surface area contributed by atoms with E-state index in [1.165, 1.54) is 0 Å². The second-order valence-electron chi connectivity index (χ2n) is 2.40. The Hall–Kier alpha value is -0.0300. The average Bonchev–Trinajstić information content (AvgIpc) is 2.14. The quantitative estimate of drug-likeness (QED) is 0.792. The van der Waals surface area contributed by atoms with E-state index in [9.17, 15) is 4.79 Å². The summed E-state index contributed by atoms with van der Waals surface area (Å²) in [6, 6.07) is 0. The van der Waals surface area contributed by atoms with Gasteiger partial charge in [-0.15, -0.1) is 0 Å². The smallest absolute Gasteiger partial charge is 0.407 e. The predicted molar refractivity (Wildman–Crippen MR) is 60.2 cm³/mol. The molecule has 13 heavy (non-hydrogen) atoms. The minimum Gasteiger partial charge on any atom is -0.450 e. The molecule has 0 radical (unpaired) electrons. The van der Waals surface area contributed by atoms with E-state index in [-0.39, 0.29) is 6.09 Å². The molecule has 0 aliphatic carbocycles. The lowest BCUT2D eigenvalue weighted by Gasteiger charge is -2.05. The van der Waals surface area contributed by atoms with Crippen LogP contribution in [0.15, 0.2) is 9.47 Å². The van der Waals surface area contributed by atoms with Crippen molar-refractivity contribution in [3.05, 3.63) is 9.47 Å². The van der Waals surface area contributed by atoms with Gasteiger partial charge in [0.15, 0.2) is 0 Å². The van der Waals surface area contributed by atoms with Crippen molar-refractivity contribution >= 4 is 38.0 Å². The highest BCUT2D eigenvalue weighted by Gasteiger charge is 2.00. The highest BCUT2D eigenvalue weighted by Crippen LogP contribution is 2.05. The molecule has 76 valence electrons. The maximum atomic E-state index is 10.9. The van der Waals surface area contributed by atoms with Crippen molar-refractivity contribution in [1.82, 2.24) is 5.32 Å². The number of hydrogen-bond donors (Lipinski definition) is 1. The zero-order valence-electron chi connectivity index (χ0n) is 7.48. The molecule has 0 aromatic heterocycles. The van der Waals surface area contributed by atoms with Crippen LogP contribution >= 0.6 is 31.9 Å². The fourth-order valence-electron chi connectivity index (χ4n) is 0.555. The molecule has 0 aliphatic heterocycles. The Kier molecular flexibility index (Phi) is 8.54.